The standard InChI is InChI=1S/C8H17N3O/c1-6-5-10(2)8(12)7(4-9)11(6)3/h6-7H,4-5,9H2,1-3H3. The van der Waals surface area contributed by atoms with E-state index in [0.29, 0.717) is 12.6 Å². The quantitative estimate of drug-likeness (QED) is 0.556. The SMILES string of the molecule is CC1CN(C)C(=O)C(CN)N1C. The van der Waals surface area contributed by atoms with Crippen molar-refractivity contribution in [2.45, 2.75) is 19.0 Å². The molecule has 1 heterocycles. The maximum absolute atomic E-state index is 11.5. The maximum Gasteiger partial charge on any atom is 0.241 e. The second-order valence-electron chi connectivity index (χ2n) is 3.48. The number of likely N-dealkylation sites (N-methyl/N-ethyl adjacent to an activating group) is 2. The third-order valence-corrected chi connectivity index (χ3v) is 2.61. The summed E-state index contributed by atoms with van der Waals surface area (Å²) in [6.45, 7) is 3.31. The molecule has 0 bridgehead atoms. The van der Waals surface area contributed by atoms with E-state index in [1.54, 1.807) is 4.90 Å². The van der Waals surface area contributed by atoms with Gasteiger partial charge in [-0.25, -0.2) is 0 Å². The van der Waals surface area contributed by atoms with Gasteiger partial charge in [0.2, 0.25) is 5.91 Å². The molecule has 2 N–H and O–H groups in total. The molecule has 0 aromatic carbocycles. The van der Waals surface area contributed by atoms with Crippen LogP contribution in [0.2, 0.25) is 0 Å². The Labute approximate surface area is 73.3 Å². The minimum Gasteiger partial charge on any atom is -0.343 e. The molecule has 70 valence electrons. The Balaban J connectivity index is 2.74. The van der Waals surface area contributed by atoms with Gasteiger partial charge in [0.1, 0.15) is 6.04 Å². The molecule has 0 spiro atoms. The first-order valence-corrected chi connectivity index (χ1v) is 4.25. The largest absolute Gasteiger partial charge is 0.343 e. The topological polar surface area (TPSA) is 49.6 Å². The Morgan fingerprint density at radius 2 is 2.17 bits per heavy atom. The van der Waals surface area contributed by atoms with Crippen molar-refractivity contribution in [3.05, 3.63) is 0 Å². The Kier molecular flexibility index (Phi) is 2.69. The van der Waals surface area contributed by atoms with Crippen LogP contribution in [0, 0.1) is 0 Å². The summed E-state index contributed by atoms with van der Waals surface area (Å²) in [5.74, 6) is 0.137. The van der Waals surface area contributed by atoms with E-state index in [4.69, 9.17) is 5.73 Å². The summed E-state index contributed by atoms with van der Waals surface area (Å²) in [6, 6.07) is 0.278. The molecule has 0 radical (unpaired) electrons. The first-order valence-electron chi connectivity index (χ1n) is 4.25. The highest BCUT2D eigenvalue weighted by atomic mass is 16.2. The summed E-state index contributed by atoms with van der Waals surface area (Å²) in [5.41, 5.74) is 5.52. The normalized spacial score (nSPS) is 32.7. The molecule has 0 aromatic heterocycles. The predicted molar refractivity (Wildman–Crippen MR) is 47.7 cm³/mol. The van der Waals surface area contributed by atoms with Crippen molar-refractivity contribution in [3.63, 3.8) is 0 Å². The average molecular weight is 171 g/mol. The third-order valence-electron chi connectivity index (χ3n) is 2.61. The van der Waals surface area contributed by atoms with Crippen LogP contribution in [0.25, 0.3) is 0 Å². The highest BCUT2D eigenvalue weighted by molar-refractivity contribution is 5.82. The van der Waals surface area contributed by atoms with Gasteiger partial charge in [-0.2, -0.15) is 0 Å². The molecule has 0 saturated carbocycles. The molecule has 12 heavy (non-hydrogen) atoms. The van der Waals surface area contributed by atoms with E-state index in [9.17, 15) is 4.79 Å². The van der Waals surface area contributed by atoms with Gasteiger partial charge in [-0.15, -0.1) is 0 Å². The van der Waals surface area contributed by atoms with Crippen molar-refractivity contribution in [2.75, 3.05) is 27.2 Å². The van der Waals surface area contributed by atoms with Crippen molar-refractivity contribution in [1.29, 1.82) is 0 Å². The zero-order valence-electron chi connectivity index (χ0n) is 7.95. The Morgan fingerprint density at radius 1 is 1.58 bits per heavy atom. The third kappa shape index (κ3) is 1.44. The van der Waals surface area contributed by atoms with Crippen LogP contribution in [-0.2, 0) is 4.79 Å². The van der Waals surface area contributed by atoms with Crippen LogP contribution in [0.15, 0.2) is 0 Å². The average Bonchev–Trinajstić information content (AvgIpc) is 2.02. The Hall–Kier alpha value is -0.610. The van der Waals surface area contributed by atoms with Gasteiger partial charge in [-0.1, -0.05) is 0 Å². The van der Waals surface area contributed by atoms with Crippen LogP contribution in [0.1, 0.15) is 6.92 Å². The predicted octanol–water partition coefficient (Wildman–Crippen LogP) is -0.894. The smallest absolute Gasteiger partial charge is 0.241 e. The van der Waals surface area contributed by atoms with Gasteiger partial charge < -0.3 is 10.6 Å². The zero-order valence-corrected chi connectivity index (χ0v) is 7.95. The monoisotopic (exact) mass is 171 g/mol. The van der Waals surface area contributed by atoms with Crippen molar-refractivity contribution >= 4 is 5.91 Å². The molecule has 0 aromatic rings. The highest BCUT2D eigenvalue weighted by Gasteiger charge is 2.33. The number of hydrogen-bond donors (Lipinski definition) is 1. The lowest BCUT2D eigenvalue weighted by molar-refractivity contribution is -0.141. The van der Waals surface area contributed by atoms with Gasteiger partial charge in [-0.05, 0) is 14.0 Å². The number of amides is 1. The number of nitrogens with two attached hydrogens (primary N) is 1. The van der Waals surface area contributed by atoms with Gasteiger partial charge in [-0.3, -0.25) is 9.69 Å². The summed E-state index contributed by atoms with van der Waals surface area (Å²) in [4.78, 5) is 15.3. The number of carbonyl (C=O) groups is 1. The molecule has 1 aliphatic heterocycles. The zero-order chi connectivity index (χ0) is 9.30. The summed E-state index contributed by atoms with van der Waals surface area (Å²) in [6.07, 6.45) is 0. The lowest BCUT2D eigenvalue weighted by Gasteiger charge is -2.41. The summed E-state index contributed by atoms with van der Waals surface area (Å²) in [5, 5.41) is 0. The molecule has 1 rings (SSSR count). The molecule has 4 nitrogen and oxygen atoms in total. The lowest BCUT2D eigenvalue weighted by Crippen LogP contribution is -2.60. The van der Waals surface area contributed by atoms with Crippen molar-refractivity contribution in [1.82, 2.24) is 9.80 Å². The summed E-state index contributed by atoms with van der Waals surface area (Å²) in [7, 11) is 3.78. The fourth-order valence-corrected chi connectivity index (χ4v) is 1.62. The maximum atomic E-state index is 11.5. The number of hydrogen-bond acceptors (Lipinski definition) is 3. The Morgan fingerprint density at radius 3 is 2.67 bits per heavy atom. The van der Waals surface area contributed by atoms with Crippen LogP contribution in [-0.4, -0.2) is 55.0 Å². The highest BCUT2D eigenvalue weighted by Crippen LogP contribution is 2.12. The van der Waals surface area contributed by atoms with Crippen LogP contribution >= 0.6 is 0 Å². The van der Waals surface area contributed by atoms with Gasteiger partial charge in [0.25, 0.3) is 0 Å². The van der Waals surface area contributed by atoms with Crippen LogP contribution in [0.4, 0.5) is 0 Å². The molecule has 4 heteroatoms. The van der Waals surface area contributed by atoms with E-state index in [1.807, 2.05) is 19.0 Å². The molecule has 1 saturated heterocycles. The lowest BCUT2D eigenvalue weighted by atomic mass is 10.1. The molecule has 2 atom stereocenters. The van der Waals surface area contributed by atoms with Crippen molar-refractivity contribution < 1.29 is 4.79 Å². The molecule has 2 unspecified atom stereocenters. The molecule has 0 aliphatic carbocycles. The second kappa shape index (κ2) is 3.41. The van der Waals surface area contributed by atoms with Crippen molar-refractivity contribution in [2.24, 2.45) is 5.73 Å². The van der Waals surface area contributed by atoms with E-state index >= 15 is 0 Å². The number of piperazine rings is 1. The number of rotatable bonds is 1. The van der Waals surface area contributed by atoms with Gasteiger partial charge in [0.05, 0.1) is 0 Å². The fraction of sp³-hybridized carbons (Fsp3) is 0.875. The van der Waals surface area contributed by atoms with Crippen LogP contribution < -0.4 is 5.73 Å². The van der Waals surface area contributed by atoms with E-state index in [2.05, 4.69) is 6.92 Å². The van der Waals surface area contributed by atoms with Gasteiger partial charge in [0, 0.05) is 26.2 Å². The van der Waals surface area contributed by atoms with E-state index in [0.717, 1.165) is 6.54 Å². The second-order valence-corrected chi connectivity index (χ2v) is 3.48. The molecular formula is C8H17N3O. The molecule has 1 aliphatic rings. The van der Waals surface area contributed by atoms with Crippen LogP contribution in [0.3, 0.4) is 0 Å². The van der Waals surface area contributed by atoms with Crippen molar-refractivity contribution in [3.8, 4) is 0 Å². The molecule has 1 amide bonds. The number of carbonyl (C=O) groups excluding carboxylic acids is 1. The van der Waals surface area contributed by atoms with Gasteiger partial charge >= 0.3 is 0 Å². The Bertz CT molecular complexity index is 183. The first kappa shape index (κ1) is 9.48. The van der Waals surface area contributed by atoms with E-state index in [-0.39, 0.29) is 11.9 Å². The summed E-state index contributed by atoms with van der Waals surface area (Å²) < 4.78 is 0. The molecular weight excluding hydrogens is 154 g/mol. The van der Waals surface area contributed by atoms with Gasteiger partial charge in [0.15, 0.2) is 0 Å². The molecule has 1 fully saturated rings. The van der Waals surface area contributed by atoms with E-state index < -0.39 is 0 Å². The first-order chi connectivity index (χ1) is 5.57. The van der Waals surface area contributed by atoms with E-state index in [1.165, 1.54) is 0 Å². The minimum absolute atomic E-state index is 0.126. The fourth-order valence-electron chi connectivity index (χ4n) is 1.62. The number of nitrogens with zero attached hydrogens (tertiary/aromatic N) is 2. The van der Waals surface area contributed by atoms with Crippen LogP contribution in [0.5, 0.6) is 0 Å². The minimum atomic E-state index is -0.126. The summed E-state index contributed by atoms with van der Waals surface area (Å²) >= 11 is 0.